The molecule has 0 aliphatic heterocycles. The molecule has 0 spiro atoms. The first-order valence-corrected chi connectivity index (χ1v) is 4.03. The van der Waals surface area contributed by atoms with Crippen molar-refractivity contribution in [2.45, 2.75) is 19.0 Å². The topological polar surface area (TPSA) is 0 Å². The minimum atomic E-state index is -4.60. The maximum Gasteiger partial charge on any atom is 0.389 e. The van der Waals surface area contributed by atoms with E-state index in [1.54, 1.807) is 0 Å². The predicted octanol–water partition coefficient (Wildman–Crippen LogP) is 3.54. The summed E-state index contributed by atoms with van der Waals surface area (Å²) < 4.78 is 85.6. The molecule has 1 aromatic carbocycles. The van der Waals surface area contributed by atoms with E-state index in [0.29, 0.717) is 0 Å². The smallest absolute Gasteiger partial charge is 0.203 e. The van der Waals surface area contributed by atoms with Gasteiger partial charge in [0.25, 0.3) is 0 Å². The SMILES string of the molecule is Fc1[c]c(CCC(F)(F)F)c(F)c(F)c1F. The van der Waals surface area contributed by atoms with E-state index in [1.165, 1.54) is 6.07 Å². The van der Waals surface area contributed by atoms with Gasteiger partial charge in [-0.2, -0.15) is 13.2 Å². The van der Waals surface area contributed by atoms with Gasteiger partial charge in [0.2, 0.25) is 0 Å². The molecule has 0 heterocycles. The van der Waals surface area contributed by atoms with E-state index in [1.807, 2.05) is 0 Å². The molecular weight excluding hydrogens is 241 g/mol. The van der Waals surface area contributed by atoms with Crippen LogP contribution in [0.4, 0.5) is 30.7 Å². The summed E-state index contributed by atoms with van der Waals surface area (Å²) >= 11 is 0. The Hall–Kier alpha value is -1.27. The average Bonchev–Trinajstić information content (AvgIpc) is 2.17. The highest BCUT2D eigenvalue weighted by Crippen LogP contribution is 2.25. The summed E-state index contributed by atoms with van der Waals surface area (Å²) in [6.07, 6.45) is -7.06. The lowest BCUT2D eigenvalue weighted by atomic mass is 10.1. The lowest BCUT2D eigenvalue weighted by molar-refractivity contribution is -0.134. The molecular formula is C9H4F7. The number of alkyl halides is 3. The summed E-state index contributed by atoms with van der Waals surface area (Å²) in [4.78, 5) is 0. The van der Waals surface area contributed by atoms with E-state index >= 15 is 0 Å². The largest absolute Gasteiger partial charge is 0.389 e. The van der Waals surface area contributed by atoms with Gasteiger partial charge in [0.1, 0.15) is 0 Å². The van der Waals surface area contributed by atoms with Gasteiger partial charge in [0.15, 0.2) is 23.3 Å². The molecule has 1 radical (unpaired) electrons. The highest BCUT2D eigenvalue weighted by Gasteiger charge is 2.28. The van der Waals surface area contributed by atoms with Gasteiger partial charge in [0, 0.05) is 18.1 Å². The summed E-state index contributed by atoms with van der Waals surface area (Å²) in [6, 6.07) is 1.40. The third kappa shape index (κ3) is 2.86. The number of hydrogen-bond donors (Lipinski definition) is 0. The Balaban J connectivity index is 2.98. The number of benzene rings is 1. The van der Waals surface area contributed by atoms with E-state index in [-0.39, 0.29) is 0 Å². The quantitative estimate of drug-likeness (QED) is 0.424. The second-order valence-electron chi connectivity index (χ2n) is 2.97. The van der Waals surface area contributed by atoms with Crippen molar-refractivity contribution in [1.29, 1.82) is 0 Å². The standard InChI is InChI=1S/C9H4F7/c10-5-3-4(1-2-9(14,15)16)6(11)8(13)7(5)12/h1-2H2. The van der Waals surface area contributed by atoms with E-state index in [2.05, 4.69) is 0 Å². The maximum absolute atomic E-state index is 12.8. The van der Waals surface area contributed by atoms with Crippen LogP contribution in [0.3, 0.4) is 0 Å². The summed E-state index contributed by atoms with van der Waals surface area (Å²) in [7, 11) is 0. The zero-order valence-corrected chi connectivity index (χ0v) is 7.56. The number of aryl methyl sites for hydroxylation is 1. The van der Waals surface area contributed by atoms with Crippen LogP contribution in [0.1, 0.15) is 12.0 Å². The fourth-order valence-corrected chi connectivity index (χ4v) is 1.01. The van der Waals surface area contributed by atoms with Gasteiger partial charge < -0.3 is 0 Å². The summed E-state index contributed by atoms with van der Waals surface area (Å²) in [5, 5.41) is 0. The number of halogens is 7. The van der Waals surface area contributed by atoms with Crippen molar-refractivity contribution in [2.75, 3.05) is 0 Å². The fourth-order valence-electron chi connectivity index (χ4n) is 1.01. The van der Waals surface area contributed by atoms with Crippen LogP contribution in [0.25, 0.3) is 0 Å². The Bertz CT molecular complexity index is 394. The molecule has 0 saturated carbocycles. The molecule has 0 amide bonds. The molecule has 0 aliphatic carbocycles. The van der Waals surface area contributed by atoms with Crippen molar-refractivity contribution in [3.8, 4) is 0 Å². The van der Waals surface area contributed by atoms with Gasteiger partial charge in [0.05, 0.1) is 0 Å². The summed E-state index contributed by atoms with van der Waals surface area (Å²) in [5.41, 5.74) is -0.964. The van der Waals surface area contributed by atoms with Crippen LogP contribution < -0.4 is 0 Å². The number of hydrogen-bond acceptors (Lipinski definition) is 0. The minimum absolute atomic E-state index is 0.964. The van der Waals surface area contributed by atoms with Gasteiger partial charge >= 0.3 is 6.18 Å². The lowest BCUT2D eigenvalue weighted by Gasteiger charge is -2.07. The van der Waals surface area contributed by atoms with Crippen LogP contribution >= 0.6 is 0 Å². The first-order valence-electron chi connectivity index (χ1n) is 4.03. The zero-order valence-electron chi connectivity index (χ0n) is 7.56. The van der Waals surface area contributed by atoms with Crippen LogP contribution in [-0.4, -0.2) is 6.18 Å². The van der Waals surface area contributed by atoms with Crippen molar-refractivity contribution < 1.29 is 30.7 Å². The molecule has 0 saturated heterocycles. The molecule has 1 rings (SSSR count). The van der Waals surface area contributed by atoms with E-state index in [9.17, 15) is 30.7 Å². The zero-order chi connectivity index (χ0) is 12.5. The first-order chi connectivity index (χ1) is 7.22. The molecule has 89 valence electrons. The van der Waals surface area contributed by atoms with Gasteiger partial charge in [-0.25, -0.2) is 17.6 Å². The van der Waals surface area contributed by atoms with Crippen molar-refractivity contribution >= 4 is 0 Å². The monoisotopic (exact) mass is 245 g/mol. The van der Waals surface area contributed by atoms with Crippen LogP contribution in [0, 0.1) is 29.3 Å². The van der Waals surface area contributed by atoms with E-state index in [0.717, 1.165) is 0 Å². The fraction of sp³-hybridized carbons (Fsp3) is 0.333. The van der Waals surface area contributed by atoms with Gasteiger partial charge in [-0.05, 0) is 6.42 Å². The Morgan fingerprint density at radius 2 is 1.44 bits per heavy atom. The summed E-state index contributed by atoms with van der Waals surface area (Å²) in [6.45, 7) is 0. The molecule has 1 aromatic rings. The summed E-state index contributed by atoms with van der Waals surface area (Å²) in [5.74, 6) is -7.90. The van der Waals surface area contributed by atoms with Crippen LogP contribution in [0.5, 0.6) is 0 Å². The third-order valence-corrected chi connectivity index (χ3v) is 1.76. The molecule has 0 nitrogen and oxygen atoms in total. The Morgan fingerprint density at radius 1 is 0.875 bits per heavy atom. The molecule has 16 heavy (non-hydrogen) atoms. The van der Waals surface area contributed by atoms with Gasteiger partial charge in [-0.15, -0.1) is 0 Å². The second kappa shape index (κ2) is 4.31. The van der Waals surface area contributed by atoms with Crippen LogP contribution in [0.15, 0.2) is 0 Å². The van der Waals surface area contributed by atoms with E-state index < -0.39 is 47.9 Å². The third-order valence-electron chi connectivity index (χ3n) is 1.76. The van der Waals surface area contributed by atoms with Crippen LogP contribution in [0.2, 0.25) is 0 Å². The minimum Gasteiger partial charge on any atom is -0.203 e. The van der Waals surface area contributed by atoms with Crippen molar-refractivity contribution in [3.05, 3.63) is 34.9 Å². The van der Waals surface area contributed by atoms with Gasteiger partial charge in [-0.1, -0.05) is 0 Å². The first kappa shape index (κ1) is 12.8. The Labute approximate surface area is 85.7 Å². The molecule has 7 heteroatoms. The van der Waals surface area contributed by atoms with E-state index in [4.69, 9.17) is 0 Å². The van der Waals surface area contributed by atoms with Crippen molar-refractivity contribution in [3.63, 3.8) is 0 Å². The highest BCUT2D eigenvalue weighted by atomic mass is 19.4. The lowest BCUT2D eigenvalue weighted by Crippen LogP contribution is -2.11. The molecule has 0 N–H and O–H groups in total. The Kier molecular flexibility index (Phi) is 3.44. The van der Waals surface area contributed by atoms with Crippen LogP contribution in [-0.2, 0) is 6.42 Å². The maximum atomic E-state index is 12.8. The molecule has 0 atom stereocenters. The molecule has 0 fully saturated rings. The van der Waals surface area contributed by atoms with Crippen molar-refractivity contribution in [1.82, 2.24) is 0 Å². The van der Waals surface area contributed by atoms with Gasteiger partial charge in [-0.3, -0.25) is 0 Å². The Morgan fingerprint density at radius 3 is 1.94 bits per heavy atom. The number of rotatable bonds is 2. The molecule has 0 bridgehead atoms. The normalized spacial score (nSPS) is 11.9. The molecule has 0 aromatic heterocycles. The molecule has 0 aliphatic rings. The second-order valence-corrected chi connectivity index (χ2v) is 2.97. The highest BCUT2D eigenvalue weighted by molar-refractivity contribution is 5.20. The average molecular weight is 245 g/mol. The molecule has 0 unspecified atom stereocenters. The predicted molar refractivity (Wildman–Crippen MR) is 39.5 cm³/mol. The van der Waals surface area contributed by atoms with Crippen molar-refractivity contribution in [2.24, 2.45) is 0 Å².